The Labute approximate surface area is 130 Å². The highest BCUT2D eigenvalue weighted by atomic mass is 32.1. The molecule has 0 aliphatic rings. The molecule has 0 amide bonds. The van der Waals surface area contributed by atoms with E-state index in [1.165, 1.54) is 10.9 Å². The molecule has 2 aromatic rings. The molecule has 1 atom stereocenters. The highest BCUT2D eigenvalue weighted by molar-refractivity contribution is 7.80. The molecule has 1 unspecified atom stereocenters. The van der Waals surface area contributed by atoms with Gasteiger partial charge in [0.25, 0.3) is 0 Å². The number of hydrogen-bond donors (Lipinski definition) is 2. The van der Waals surface area contributed by atoms with E-state index in [2.05, 4.69) is 39.9 Å². The SMILES string of the molecule is COCC(C)NC(=S)NCCc1cccc2cccnc12. The van der Waals surface area contributed by atoms with Gasteiger partial charge in [0, 0.05) is 31.3 Å². The molecular weight excluding hydrogens is 282 g/mol. The first-order valence-electron chi connectivity index (χ1n) is 7.06. The molecule has 2 rings (SSSR count). The van der Waals surface area contributed by atoms with Crippen LogP contribution in [-0.4, -0.2) is 36.4 Å². The minimum absolute atomic E-state index is 0.203. The van der Waals surface area contributed by atoms with Gasteiger partial charge in [-0.3, -0.25) is 4.98 Å². The lowest BCUT2D eigenvalue weighted by Gasteiger charge is -2.16. The smallest absolute Gasteiger partial charge is 0.166 e. The molecule has 0 aliphatic carbocycles. The summed E-state index contributed by atoms with van der Waals surface area (Å²) in [4.78, 5) is 4.46. The molecule has 2 N–H and O–H groups in total. The third-order valence-electron chi connectivity index (χ3n) is 3.19. The Morgan fingerprint density at radius 3 is 2.95 bits per heavy atom. The van der Waals surface area contributed by atoms with Crippen molar-refractivity contribution in [3.8, 4) is 0 Å². The Hall–Kier alpha value is -1.72. The molecule has 0 spiro atoms. The van der Waals surface area contributed by atoms with Gasteiger partial charge in [-0.2, -0.15) is 0 Å². The number of hydrogen-bond acceptors (Lipinski definition) is 3. The fourth-order valence-corrected chi connectivity index (χ4v) is 2.55. The first-order chi connectivity index (χ1) is 10.2. The van der Waals surface area contributed by atoms with E-state index in [0.717, 1.165) is 18.5 Å². The number of pyridine rings is 1. The van der Waals surface area contributed by atoms with Crippen LogP contribution < -0.4 is 10.6 Å². The molecule has 1 aromatic heterocycles. The van der Waals surface area contributed by atoms with Crippen LogP contribution in [0, 0.1) is 0 Å². The summed E-state index contributed by atoms with van der Waals surface area (Å²) in [5, 5.41) is 8.24. The molecule has 4 nitrogen and oxygen atoms in total. The van der Waals surface area contributed by atoms with Crippen molar-refractivity contribution in [1.82, 2.24) is 15.6 Å². The molecule has 0 fully saturated rings. The average molecular weight is 303 g/mol. The number of nitrogens with one attached hydrogen (secondary N) is 2. The third kappa shape index (κ3) is 4.65. The largest absolute Gasteiger partial charge is 0.383 e. The van der Waals surface area contributed by atoms with Crippen LogP contribution in [0.5, 0.6) is 0 Å². The van der Waals surface area contributed by atoms with Gasteiger partial charge in [-0.25, -0.2) is 0 Å². The molecule has 5 heteroatoms. The van der Waals surface area contributed by atoms with Gasteiger partial charge in [-0.1, -0.05) is 24.3 Å². The van der Waals surface area contributed by atoms with Crippen molar-refractivity contribution in [2.75, 3.05) is 20.3 Å². The maximum Gasteiger partial charge on any atom is 0.166 e. The topological polar surface area (TPSA) is 46.2 Å². The fraction of sp³-hybridized carbons (Fsp3) is 0.375. The zero-order valence-electron chi connectivity index (χ0n) is 12.4. The van der Waals surface area contributed by atoms with E-state index in [-0.39, 0.29) is 6.04 Å². The average Bonchev–Trinajstić information content (AvgIpc) is 2.47. The summed E-state index contributed by atoms with van der Waals surface area (Å²) < 4.78 is 5.07. The van der Waals surface area contributed by atoms with Crippen LogP contribution in [-0.2, 0) is 11.2 Å². The van der Waals surface area contributed by atoms with Crippen LogP contribution in [0.15, 0.2) is 36.5 Å². The quantitative estimate of drug-likeness (QED) is 0.802. The van der Waals surface area contributed by atoms with Gasteiger partial charge in [-0.15, -0.1) is 0 Å². The normalized spacial score (nSPS) is 12.1. The molecule has 0 saturated carbocycles. The fourth-order valence-electron chi connectivity index (χ4n) is 2.25. The summed E-state index contributed by atoms with van der Waals surface area (Å²) in [7, 11) is 1.68. The Morgan fingerprint density at radius 1 is 1.33 bits per heavy atom. The highest BCUT2D eigenvalue weighted by Gasteiger charge is 2.04. The van der Waals surface area contributed by atoms with Gasteiger partial charge in [0.15, 0.2) is 5.11 Å². The van der Waals surface area contributed by atoms with E-state index in [4.69, 9.17) is 17.0 Å². The number of thiocarbonyl (C=S) groups is 1. The lowest BCUT2D eigenvalue weighted by Crippen LogP contribution is -2.43. The van der Waals surface area contributed by atoms with Crippen LogP contribution in [0.25, 0.3) is 10.9 Å². The van der Waals surface area contributed by atoms with Crippen LogP contribution in [0.4, 0.5) is 0 Å². The molecule has 21 heavy (non-hydrogen) atoms. The van der Waals surface area contributed by atoms with Crippen molar-refractivity contribution >= 4 is 28.2 Å². The summed E-state index contributed by atoms with van der Waals surface area (Å²) in [6, 6.07) is 10.5. The monoisotopic (exact) mass is 303 g/mol. The van der Waals surface area contributed by atoms with Gasteiger partial charge < -0.3 is 15.4 Å². The summed E-state index contributed by atoms with van der Waals surface area (Å²) in [5.41, 5.74) is 2.29. The van der Waals surface area contributed by atoms with Gasteiger partial charge in [0.2, 0.25) is 0 Å². The number of nitrogens with zero attached hydrogens (tertiary/aromatic N) is 1. The minimum Gasteiger partial charge on any atom is -0.383 e. The number of fused-ring (bicyclic) bond motifs is 1. The number of benzene rings is 1. The number of aromatic nitrogens is 1. The van der Waals surface area contributed by atoms with Crippen molar-refractivity contribution in [1.29, 1.82) is 0 Å². The molecule has 112 valence electrons. The van der Waals surface area contributed by atoms with E-state index in [9.17, 15) is 0 Å². The van der Waals surface area contributed by atoms with Crippen molar-refractivity contribution in [3.05, 3.63) is 42.1 Å². The van der Waals surface area contributed by atoms with Gasteiger partial charge >= 0.3 is 0 Å². The van der Waals surface area contributed by atoms with Crippen molar-refractivity contribution < 1.29 is 4.74 Å². The van der Waals surface area contributed by atoms with Gasteiger partial charge in [-0.05, 0) is 37.2 Å². The van der Waals surface area contributed by atoms with Crippen molar-refractivity contribution in [2.24, 2.45) is 0 Å². The molecule has 0 bridgehead atoms. The standard InChI is InChI=1S/C16H21N3OS/c1-12(11-20-2)19-16(21)18-10-8-14-6-3-5-13-7-4-9-17-15(13)14/h3-7,9,12H,8,10-11H2,1-2H3,(H2,18,19,21). The molecule has 1 aromatic carbocycles. The molecule has 0 saturated heterocycles. The summed E-state index contributed by atoms with van der Waals surface area (Å²) in [6.45, 7) is 3.45. The van der Waals surface area contributed by atoms with Crippen molar-refractivity contribution in [2.45, 2.75) is 19.4 Å². The maximum absolute atomic E-state index is 5.26. The van der Waals surface area contributed by atoms with Crippen LogP contribution in [0.1, 0.15) is 12.5 Å². The summed E-state index contributed by atoms with van der Waals surface area (Å²) in [6.07, 6.45) is 2.71. The van der Waals surface area contributed by atoms with Gasteiger partial charge in [0.1, 0.15) is 0 Å². The maximum atomic E-state index is 5.26. The second-order valence-electron chi connectivity index (χ2n) is 5.00. The number of para-hydroxylation sites is 1. The molecule has 0 radical (unpaired) electrons. The zero-order valence-corrected chi connectivity index (χ0v) is 13.2. The van der Waals surface area contributed by atoms with E-state index in [1.807, 2.05) is 19.2 Å². The third-order valence-corrected chi connectivity index (χ3v) is 3.45. The Bertz CT molecular complexity index is 598. The molecular formula is C16H21N3OS. The van der Waals surface area contributed by atoms with E-state index < -0.39 is 0 Å². The first kappa shape index (κ1) is 15.7. The van der Waals surface area contributed by atoms with Crippen molar-refractivity contribution in [3.63, 3.8) is 0 Å². The summed E-state index contributed by atoms with van der Waals surface area (Å²) >= 11 is 5.26. The lowest BCUT2D eigenvalue weighted by atomic mass is 10.1. The number of ether oxygens (including phenoxy) is 1. The molecule has 1 heterocycles. The number of methoxy groups -OCH3 is 1. The Morgan fingerprint density at radius 2 is 2.14 bits per heavy atom. The van der Waals surface area contributed by atoms with Crippen LogP contribution in [0.2, 0.25) is 0 Å². The van der Waals surface area contributed by atoms with Gasteiger partial charge in [0.05, 0.1) is 12.1 Å². The zero-order chi connectivity index (χ0) is 15.1. The molecule has 0 aliphatic heterocycles. The summed E-state index contributed by atoms with van der Waals surface area (Å²) in [5.74, 6) is 0. The van der Waals surface area contributed by atoms with Crippen LogP contribution >= 0.6 is 12.2 Å². The highest BCUT2D eigenvalue weighted by Crippen LogP contribution is 2.15. The second kappa shape index (κ2) is 7.90. The van der Waals surface area contributed by atoms with E-state index >= 15 is 0 Å². The lowest BCUT2D eigenvalue weighted by molar-refractivity contribution is 0.179. The Balaban J connectivity index is 1.86. The van der Waals surface area contributed by atoms with E-state index in [1.54, 1.807) is 7.11 Å². The number of rotatable bonds is 6. The predicted octanol–water partition coefficient (Wildman–Crippen LogP) is 2.28. The minimum atomic E-state index is 0.203. The predicted molar refractivity (Wildman–Crippen MR) is 90.5 cm³/mol. The Kier molecular flexibility index (Phi) is 5.90. The van der Waals surface area contributed by atoms with E-state index in [0.29, 0.717) is 11.7 Å². The first-order valence-corrected chi connectivity index (χ1v) is 7.47. The van der Waals surface area contributed by atoms with Crippen LogP contribution in [0.3, 0.4) is 0 Å². The second-order valence-corrected chi connectivity index (χ2v) is 5.41.